The molecule has 108 valence electrons. The fourth-order valence-electron chi connectivity index (χ4n) is 3.20. The van der Waals surface area contributed by atoms with Gasteiger partial charge in [0.25, 0.3) is 0 Å². The Morgan fingerprint density at radius 2 is 1.67 bits per heavy atom. The molecule has 0 spiro atoms. The number of aliphatic hydroxyl groups excluding tert-OH is 1. The largest absolute Gasteiger partial charge is 0.396 e. The molecule has 0 saturated heterocycles. The molecule has 0 aliphatic heterocycles. The summed E-state index contributed by atoms with van der Waals surface area (Å²) >= 11 is 0. The molecule has 2 heteroatoms. The minimum atomic E-state index is 0.111. The molecule has 0 amide bonds. The lowest BCUT2D eigenvalue weighted by Crippen LogP contribution is -2.42. The topological polar surface area (TPSA) is 32.3 Å². The van der Waals surface area contributed by atoms with Crippen LogP contribution in [0.15, 0.2) is 0 Å². The van der Waals surface area contributed by atoms with Gasteiger partial charge in [-0.3, -0.25) is 0 Å². The summed E-state index contributed by atoms with van der Waals surface area (Å²) < 4.78 is 0. The van der Waals surface area contributed by atoms with Gasteiger partial charge in [0, 0.05) is 24.6 Å². The second kappa shape index (κ2) is 8.16. The van der Waals surface area contributed by atoms with Gasteiger partial charge in [0.1, 0.15) is 0 Å². The average Bonchev–Trinajstić information content (AvgIpc) is 2.43. The Balaban J connectivity index is 2.28. The highest BCUT2D eigenvalue weighted by atomic mass is 16.3. The van der Waals surface area contributed by atoms with E-state index in [0.717, 1.165) is 25.3 Å². The summed E-state index contributed by atoms with van der Waals surface area (Å²) in [5, 5.41) is 13.3. The van der Waals surface area contributed by atoms with Crippen molar-refractivity contribution in [3.05, 3.63) is 0 Å². The zero-order chi connectivity index (χ0) is 13.4. The SMILES string of the molecule is CCCC1CCC(NCC(CC)(CC)CO)CC1. The predicted octanol–water partition coefficient (Wildman–Crippen LogP) is 3.73. The number of rotatable bonds is 8. The number of hydrogen-bond acceptors (Lipinski definition) is 2. The van der Waals surface area contributed by atoms with Gasteiger partial charge in [0.2, 0.25) is 0 Å². The van der Waals surface area contributed by atoms with Crippen LogP contribution in [-0.4, -0.2) is 24.3 Å². The highest BCUT2D eigenvalue weighted by molar-refractivity contribution is 4.83. The quantitative estimate of drug-likeness (QED) is 0.692. The lowest BCUT2D eigenvalue weighted by Gasteiger charge is -2.35. The summed E-state index contributed by atoms with van der Waals surface area (Å²) in [6.07, 6.45) is 10.3. The second-order valence-corrected chi connectivity index (χ2v) is 6.25. The molecule has 0 radical (unpaired) electrons. The van der Waals surface area contributed by atoms with E-state index < -0.39 is 0 Å². The molecule has 1 aliphatic rings. The zero-order valence-electron chi connectivity index (χ0n) is 12.7. The van der Waals surface area contributed by atoms with Gasteiger partial charge < -0.3 is 10.4 Å². The van der Waals surface area contributed by atoms with E-state index in [2.05, 4.69) is 26.1 Å². The van der Waals surface area contributed by atoms with Gasteiger partial charge >= 0.3 is 0 Å². The van der Waals surface area contributed by atoms with Crippen LogP contribution >= 0.6 is 0 Å². The van der Waals surface area contributed by atoms with Crippen LogP contribution in [0.5, 0.6) is 0 Å². The molecule has 1 aliphatic carbocycles. The molecule has 0 bridgehead atoms. The van der Waals surface area contributed by atoms with Crippen molar-refractivity contribution >= 4 is 0 Å². The Hall–Kier alpha value is -0.0800. The van der Waals surface area contributed by atoms with Gasteiger partial charge in [-0.25, -0.2) is 0 Å². The Labute approximate surface area is 114 Å². The molecule has 1 rings (SSSR count). The maximum absolute atomic E-state index is 9.58. The van der Waals surface area contributed by atoms with Gasteiger partial charge in [0.05, 0.1) is 0 Å². The summed E-state index contributed by atoms with van der Waals surface area (Å²) in [6, 6.07) is 0.696. The minimum absolute atomic E-state index is 0.111. The van der Waals surface area contributed by atoms with Crippen molar-refractivity contribution in [1.82, 2.24) is 5.32 Å². The van der Waals surface area contributed by atoms with E-state index in [0.29, 0.717) is 12.6 Å². The molecule has 0 heterocycles. The molecule has 0 atom stereocenters. The zero-order valence-corrected chi connectivity index (χ0v) is 12.7. The van der Waals surface area contributed by atoms with Crippen molar-refractivity contribution in [1.29, 1.82) is 0 Å². The van der Waals surface area contributed by atoms with Crippen molar-refractivity contribution in [3.63, 3.8) is 0 Å². The van der Waals surface area contributed by atoms with Gasteiger partial charge in [0.15, 0.2) is 0 Å². The van der Waals surface area contributed by atoms with E-state index in [4.69, 9.17) is 0 Å². The Morgan fingerprint density at radius 3 is 2.11 bits per heavy atom. The summed E-state index contributed by atoms with van der Waals surface area (Å²) in [6.45, 7) is 7.99. The molecule has 1 fully saturated rings. The first-order valence-electron chi connectivity index (χ1n) is 8.04. The molecular weight excluding hydrogens is 222 g/mol. The van der Waals surface area contributed by atoms with Crippen molar-refractivity contribution in [3.8, 4) is 0 Å². The summed E-state index contributed by atoms with van der Waals surface area (Å²) in [4.78, 5) is 0. The van der Waals surface area contributed by atoms with Crippen LogP contribution in [0.3, 0.4) is 0 Å². The van der Waals surface area contributed by atoms with Crippen molar-refractivity contribution in [2.45, 2.75) is 78.2 Å². The van der Waals surface area contributed by atoms with Crippen LogP contribution in [0.2, 0.25) is 0 Å². The van der Waals surface area contributed by atoms with Crippen LogP contribution in [0.4, 0.5) is 0 Å². The van der Waals surface area contributed by atoms with Gasteiger partial charge in [-0.05, 0) is 44.4 Å². The number of hydrogen-bond donors (Lipinski definition) is 2. The van der Waals surface area contributed by atoms with E-state index >= 15 is 0 Å². The molecule has 18 heavy (non-hydrogen) atoms. The Morgan fingerprint density at radius 1 is 1.06 bits per heavy atom. The molecule has 0 aromatic heterocycles. The van der Waals surface area contributed by atoms with Crippen molar-refractivity contribution < 1.29 is 5.11 Å². The first kappa shape index (κ1) is 16.0. The first-order chi connectivity index (χ1) is 8.69. The monoisotopic (exact) mass is 255 g/mol. The highest BCUT2D eigenvalue weighted by Gasteiger charge is 2.27. The maximum atomic E-state index is 9.58. The molecule has 1 saturated carbocycles. The number of aliphatic hydroxyl groups is 1. The average molecular weight is 255 g/mol. The van der Waals surface area contributed by atoms with Crippen LogP contribution in [0, 0.1) is 11.3 Å². The normalized spacial score (nSPS) is 25.3. The van der Waals surface area contributed by atoms with E-state index in [-0.39, 0.29) is 5.41 Å². The minimum Gasteiger partial charge on any atom is -0.396 e. The molecular formula is C16H33NO. The highest BCUT2D eigenvalue weighted by Crippen LogP contribution is 2.29. The number of nitrogens with one attached hydrogen (secondary N) is 1. The molecule has 0 unspecified atom stereocenters. The third kappa shape index (κ3) is 4.55. The van der Waals surface area contributed by atoms with Crippen molar-refractivity contribution in [2.75, 3.05) is 13.2 Å². The fraction of sp³-hybridized carbons (Fsp3) is 1.00. The van der Waals surface area contributed by atoms with E-state index in [9.17, 15) is 5.11 Å². The third-order valence-electron chi connectivity index (χ3n) is 5.14. The molecule has 2 nitrogen and oxygen atoms in total. The smallest absolute Gasteiger partial charge is 0.0499 e. The molecule has 2 N–H and O–H groups in total. The van der Waals surface area contributed by atoms with E-state index in [1.807, 2.05) is 0 Å². The molecule has 0 aromatic rings. The van der Waals surface area contributed by atoms with Crippen LogP contribution in [-0.2, 0) is 0 Å². The fourth-order valence-corrected chi connectivity index (χ4v) is 3.20. The van der Waals surface area contributed by atoms with Crippen LogP contribution in [0.25, 0.3) is 0 Å². The maximum Gasteiger partial charge on any atom is 0.0499 e. The van der Waals surface area contributed by atoms with Crippen LogP contribution in [0.1, 0.15) is 72.1 Å². The van der Waals surface area contributed by atoms with E-state index in [1.54, 1.807) is 0 Å². The Bertz CT molecular complexity index is 197. The van der Waals surface area contributed by atoms with Gasteiger partial charge in [-0.15, -0.1) is 0 Å². The standard InChI is InChI=1S/C16H33NO/c1-4-7-14-8-10-15(11-9-14)17-12-16(5-2,6-3)13-18/h14-15,17-18H,4-13H2,1-3H3. The summed E-state index contributed by atoms with van der Waals surface area (Å²) in [5.41, 5.74) is 0.111. The van der Waals surface area contributed by atoms with E-state index in [1.165, 1.54) is 38.5 Å². The summed E-state index contributed by atoms with van der Waals surface area (Å²) in [7, 11) is 0. The predicted molar refractivity (Wildman–Crippen MR) is 78.8 cm³/mol. The third-order valence-corrected chi connectivity index (χ3v) is 5.14. The Kier molecular flexibility index (Phi) is 7.25. The van der Waals surface area contributed by atoms with Crippen LogP contribution < -0.4 is 5.32 Å². The van der Waals surface area contributed by atoms with Crippen molar-refractivity contribution in [2.24, 2.45) is 11.3 Å². The first-order valence-corrected chi connectivity index (χ1v) is 8.04. The lowest BCUT2D eigenvalue weighted by molar-refractivity contribution is 0.106. The second-order valence-electron chi connectivity index (χ2n) is 6.25. The lowest BCUT2D eigenvalue weighted by atomic mass is 9.81. The molecule has 0 aromatic carbocycles. The van der Waals surface area contributed by atoms with Gasteiger partial charge in [-0.1, -0.05) is 33.6 Å². The summed E-state index contributed by atoms with van der Waals surface area (Å²) in [5.74, 6) is 0.980. The van der Waals surface area contributed by atoms with Gasteiger partial charge in [-0.2, -0.15) is 0 Å².